The van der Waals surface area contributed by atoms with E-state index in [1.54, 1.807) is 6.92 Å². The summed E-state index contributed by atoms with van der Waals surface area (Å²) in [6.07, 6.45) is -0.435. The normalized spacial score (nSPS) is 14.4. The molecule has 0 aliphatic heterocycles. The summed E-state index contributed by atoms with van der Waals surface area (Å²) >= 11 is 0. The van der Waals surface area contributed by atoms with Gasteiger partial charge in [-0.1, -0.05) is 19.1 Å². The SMILES string of the molecule is CCNC(C)c1ccc(OCC(C)O)c(C)c1. The van der Waals surface area contributed by atoms with Crippen molar-refractivity contribution in [1.82, 2.24) is 5.32 Å². The maximum absolute atomic E-state index is 9.18. The third-order valence-electron chi connectivity index (χ3n) is 2.69. The first-order chi connectivity index (χ1) is 8.04. The third-order valence-corrected chi connectivity index (χ3v) is 2.69. The molecular formula is C14H23NO2. The topological polar surface area (TPSA) is 41.5 Å². The molecule has 0 heterocycles. The van der Waals surface area contributed by atoms with Crippen LogP contribution in [0.2, 0.25) is 0 Å². The van der Waals surface area contributed by atoms with E-state index in [-0.39, 0.29) is 0 Å². The maximum atomic E-state index is 9.18. The van der Waals surface area contributed by atoms with Gasteiger partial charge in [0, 0.05) is 6.04 Å². The molecular weight excluding hydrogens is 214 g/mol. The number of hydrogen-bond acceptors (Lipinski definition) is 3. The van der Waals surface area contributed by atoms with Gasteiger partial charge in [0.15, 0.2) is 0 Å². The second-order valence-corrected chi connectivity index (χ2v) is 4.46. The van der Waals surface area contributed by atoms with E-state index in [0.29, 0.717) is 12.6 Å². The molecule has 0 bridgehead atoms. The van der Waals surface area contributed by atoms with Crippen LogP contribution in [0.15, 0.2) is 18.2 Å². The van der Waals surface area contributed by atoms with Crippen LogP contribution >= 0.6 is 0 Å². The fraction of sp³-hybridized carbons (Fsp3) is 0.571. The number of benzene rings is 1. The molecule has 2 unspecified atom stereocenters. The summed E-state index contributed by atoms with van der Waals surface area (Å²) in [5.74, 6) is 0.846. The van der Waals surface area contributed by atoms with Gasteiger partial charge in [-0.3, -0.25) is 0 Å². The van der Waals surface area contributed by atoms with Crippen molar-refractivity contribution >= 4 is 0 Å². The second-order valence-electron chi connectivity index (χ2n) is 4.46. The summed E-state index contributed by atoms with van der Waals surface area (Å²) in [6, 6.07) is 6.52. The Balaban J connectivity index is 2.72. The Morgan fingerprint density at radius 3 is 2.59 bits per heavy atom. The van der Waals surface area contributed by atoms with E-state index >= 15 is 0 Å². The average Bonchev–Trinajstić information content (AvgIpc) is 2.27. The summed E-state index contributed by atoms with van der Waals surface area (Å²) in [4.78, 5) is 0. The van der Waals surface area contributed by atoms with Gasteiger partial charge >= 0.3 is 0 Å². The molecule has 0 fully saturated rings. The summed E-state index contributed by atoms with van der Waals surface area (Å²) in [5, 5.41) is 12.6. The zero-order valence-electron chi connectivity index (χ0n) is 11.2. The molecule has 1 aromatic rings. The summed E-state index contributed by atoms with van der Waals surface area (Å²) in [5.41, 5.74) is 2.36. The molecule has 0 saturated heterocycles. The maximum Gasteiger partial charge on any atom is 0.122 e. The monoisotopic (exact) mass is 237 g/mol. The molecule has 0 aliphatic rings. The number of nitrogens with one attached hydrogen (secondary N) is 1. The molecule has 3 nitrogen and oxygen atoms in total. The van der Waals surface area contributed by atoms with Crippen molar-refractivity contribution in [2.24, 2.45) is 0 Å². The molecule has 2 atom stereocenters. The zero-order chi connectivity index (χ0) is 12.8. The van der Waals surface area contributed by atoms with Gasteiger partial charge in [-0.25, -0.2) is 0 Å². The van der Waals surface area contributed by atoms with E-state index in [4.69, 9.17) is 4.74 Å². The van der Waals surface area contributed by atoms with Crippen molar-refractivity contribution < 1.29 is 9.84 Å². The third kappa shape index (κ3) is 4.36. The minimum atomic E-state index is -0.435. The Morgan fingerprint density at radius 1 is 1.35 bits per heavy atom. The molecule has 0 aromatic heterocycles. The number of aliphatic hydroxyl groups is 1. The summed E-state index contributed by atoms with van der Waals surface area (Å²) < 4.78 is 5.52. The van der Waals surface area contributed by atoms with E-state index in [1.165, 1.54) is 5.56 Å². The highest BCUT2D eigenvalue weighted by Crippen LogP contribution is 2.22. The van der Waals surface area contributed by atoms with Crippen molar-refractivity contribution in [2.45, 2.75) is 39.8 Å². The van der Waals surface area contributed by atoms with Gasteiger partial charge in [-0.05, 0) is 44.5 Å². The predicted molar refractivity (Wildman–Crippen MR) is 70.4 cm³/mol. The lowest BCUT2D eigenvalue weighted by atomic mass is 10.1. The van der Waals surface area contributed by atoms with Gasteiger partial charge in [0.1, 0.15) is 12.4 Å². The first-order valence-corrected chi connectivity index (χ1v) is 6.19. The van der Waals surface area contributed by atoms with Crippen LogP contribution in [0.1, 0.15) is 37.9 Å². The molecule has 0 spiro atoms. The summed E-state index contributed by atoms with van der Waals surface area (Å²) in [7, 11) is 0. The van der Waals surface area contributed by atoms with E-state index in [0.717, 1.165) is 17.9 Å². The Morgan fingerprint density at radius 2 is 2.06 bits per heavy atom. The standard InChI is InChI=1S/C14H23NO2/c1-5-15-12(4)13-6-7-14(10(2)8-13)17-9-11(3)16/h6-8,11-12,15-16H,5,9H2,1-4H3. The van der Waals surface area contributed by atoms with Gasteiger partial charge in [0.05, 0.1) is 6.10 Å². The highest BCUT2D eigenvalue weighted by atomic mass is 16.5. The van der Waals surface area contributed by atoms with Crippen LogP contribution in [-0.4, -0.2) is 24.4 Å². The largest absolute Gasteiger partial charge is 0.491 e. The predicted octanol–water partition coefficient (Wildman–Crippen LogP) is 2.43. The van der Waals surface area contributed by atoms with Crippen LogP contribution in [0.4, 0.5) is 0 Å². The Kier molecular flexibility index (Phi) is 5.45. The lowest BCUT2D eigenvalue weighted by Crippen LogP contribution is -2.18. The molecule has 17 heavy (non-hydrogen) atoms. The Labute approximate surface area is 104 Å². The quantitative estimate of drug-likeness (QED) is 0.798. The first kappa shape index (κ1) is 14.0. The lowest BCUT2D eigenvalue weighted by molar-refractivity contribution is 0.122. The number of ether oxygens (including phenoxy) is 1. The Hall–Kier alpha value is -1.06. The lowest BCUT2D eigenvalue weighted by Gasteiger charge is -2.16. The number of rotatable bonds is 6. The zero-order valence-corrected chi connectivity index (χ0v) is 11.2. The van der Waals surface area contributed by atoms with Gasteiger partial charge < -0.3 is 15.2 Å². The molecule has 3 heteroatoms. The van der Waals surface area contributed by atoms with Crippen LogP contribution in [0.25, 0.3) is 0 Å². The second kappa shape index (κ2) is 6.62. The fourth-order valence-electron chi connectivity index (χ4n) is 1.74. The molecule has 0 amide bonds. The molecule has 0 aliphatic carbocycles. The first-order valence-electron chi connectivity index (χ1n) is 6.19. The molecule has 2 N–H and O–H groups in total. The Bertz CT molecular complexity index is 350. The van der Waals surface area contributed by atoms with Gasteiger partial charge in [-0.2, -0.15) is 0 Å². The van der Waals surface area contributed by atoms with E-state index in [2.05, 4.69) is 31.3 Å². The molecule has 0 radical (unpaired) electrons. The van der Waals surface area contributed by atoms with Crippen LogP contribution in [0.5, 0.6) is 5.75 Å². The van der Waals surface area contributed by atoms with Gasteiger partial charge in [0.25, 0.3) is 0 Å². The van der Waals surface area contributed by atoms with Crippen LogP contribution < -0.4 is 10.1 Å². The van der Waals surface area contributed by atoms with E-state index < -0.39 is 6.10 Å². The summed E-state index contributed by atoms with van der Waals surface area (Å²) in [6.45, 7) is 9.29. The van der Waals surface area contributed by atoms with Gasteiger partial charge in [0.2, 0.25) is 0 Å². The van der Waals surface area contributed by atoms with Crippen LogP contribution in [0, 0.1) is 6.92 Å². The minimum Gasteiger partial charge on any atom is -0.491 e. The highest BCUT2D eigenvalue weighted by Gasteiger charge is 2.07. The van der Waals surface area contributed by atoms with E-state index in [9.17, 15) is 5.11 Å². The highest BCUT2D eigenvalue weighted by molar-refractivity contribution is 5.37. The minimum absolute atomic E-state index is 0.336. The van der Waals surface area contributed by atoms with Gasteiger partial charge in [-0.15, -0.1) is 0 Å². The van der Waals surface area contributed by atoms with Crippen LogP contribution in [0.3, 0.4) is 0 Å². The van der Waals surface area contributed by atoms with Crippen molar-refractivity contribution in [3.8, 4) is 5.75 Å². The van der Waals surface area contributed by atoms with Crippen molar-refractivity contribution in [1.29, 1.82) is 0 Å². The van der Waals surface area contributed by atoms with Crippen molar-refractivity contribution in [3.05, 3.63) is 29.3 Å². The van der Waals surface area contributed by atoms with Crippen molar-refractivity contribution in [2.75, 3.05) is 13.2 Å². The molecule has 96 valence electrons. The molecule has 1 aromatic carbocycles. The van der Waals surface area contributed by atoms with Crippen LogP contribution in [-0.2, 0) is 0 Å². The number of aliphatic hydroxyl groups excluding tert-OH is 1. The van der Waals surface area contributed by atoms with E-state index in [1.807, 2.05) is 13.0 Å². The molecule has 1 rings (SSSR count). The average molecular weight is 237 g/mol. The fourth-order valence-corrected chi connectivity index (χ4v) is 1.74. The number of hydrogen-bond donors (Lipinski definition) is 2. The smallest absolute Gasteiger partial charge is 0.122 e. The van der Waals surface area contributed by atoms with Crippen molar-refractivity contribution in [3.63, 3.8) is 0 Å². The number of aryl methyl sites for hydroxylation is 1. The molecule has 0 saturated carbocycles.